The number of rotatable bonds is 7. The highest BCUT2D eigenvalue weighted by molar-refractivity contribution is 5.86. The predicted octanol–water partition coefficient (Wildman–Crippen LogP) is 3.78. The number of anilines is 2. The SMILES string of the molecule is CC(CCCn1ccc2cc(-c3ncc4c(n3)NCCO4)c(F)cc2c1=O)Nc1cn[nH]c(=O)c1C(F)(F)F. The Balaban J connectivity index is 1.30. The summed E-state index contributed by atoms with van der Waals surface area (Å²) < 4.78 is 61.7. The Morgan fingerprint density at radius 1 is 1.23 bits per heavy atom. The maximum Gasteiger partial charge on any atom is 0.423 e. The zero-order valence-corrected chi connectivity index (χ0v) is 20.6. The van der Waals surface area contributed by atoms with Gasteiger partial charge in [-0.25, -0.2) is 19.5 Å². The first-order valence-corrected chi connectivity index (χ1v) is 12.1. The Morgan fingerprint density at radius 3 is 2.85 bits per heavy atom. The topological polar surface area (TPSA) is 127 Å². The van der Waals surface area contributed by atoms with Crippen molar-refractivity contribution in [3.05, 3.63) is 68.9 Å². The van der Waals surface area contributed by atoms with Crippen LogP contribution in [0.4, 0.5) is 29.1 Å². The number of nitrogens with zero attached hydrogens (tertiary/aromatic N) is 4. The molecule has 14 heteroatoms. The van der Waals surface area contributed by atoms with E-state index in [1.165, 1.54) is 16.8 Å². The van der Waals surface area contributed by atoms with E-state index >= 15 is 4.39 Å². The summed E-state index contributed by atoms with van der Waals surface area (Å²) >= 11 is 0. The van der Waals surface area contributed by atoms with Crippen molar-refractivity contribution in [3.63, 3.8) is 0 Å². The van der Waals surface area contributed by atoms with Crippen LogP contribution in [-0.2, 0) is 12.7 Å². The summed E-state index contributed by atoms with van der Waals surface area (Å²) in [5.74, 6) is 0.447. The molecule has 0 saturated carbocycles. The number of aromatic nitrogens is 5. The predicted molar refractivity (Wildman–Crippen MR) is 135 cm³/mol. The monoisotopic (exact) mass is 545 g/mol. The van der Waals surface area contributed by atoms with Gasteiger partial charge in [0.05, 0.1) is 35.6 Å². The van der Waals surface area contributed by atoms with Gasteiger partial charge in [-0.15, -0.1) is 0 Å². The van der Waals surface area contributed by atoms with Crippen LogP contribution in [-0.4, -0.2) is 43.9 Å². The van der Waals surface area contributed by atoms with Gasteiger partial charge in [0.15, 0.2) is 17.4 Å². The number of fused-ring (bicyclic) bond motifs is 2. The van der Waals surface area contributed by atoms with E-state index in [-0.39, 0.29) is 23.3 Å². The summed E-state index contributed by atoms with van der Waals surface area (Å²) in [6.07, 6.45) is -0.0701. The van der Waals surface area contributed by atoms with Crippen LogP contribution in [0.2, 0.25) is 0 Å². The molecule has 0 spiro atoms. The van der Waals surface area contributed by atoms with Crippen molar-refractivity contribution in [2.45, 2.75) is 38.5 Å². The molecule has 0 amide bonds. The van der Waals surface area contributed by atoms with Gasteiger partial charge >= 0.3 is 6.18 Å². The van der Waals surface area contributed by atoms with Crippen LogP contribution in [0.3, 0.4) is 0 Å². The third-order valence-electron chi connectivity index (χ3n) is 6.29. The van der Waals surface area contributed by atoms with Crippen molar-refractivity contribution < 1.29 is 22.3 Å². The first kappa shape index (κ1) is 26.1. The van der Waals surface area contributed by atoms with E-state index in [0.29, 0.717) is 42.9 Å². The molecule has 1 aromatic carbocycles. The Kier molecular flexibility index (Phi) is 6.93. The molecule has 4 heterocycles. The second kappa shape index (κ2) is 10.3. The Hall–Kier alpha value is -4.49. The number of H-pyrrole nitrogens is 1. The molecule has 1 aliphatic heterocycles. The molecule has 0 fully saturated rings. The molecule has 0 saturated heterocycles. The molecular formula is C25H23F4N7O3. The number of benzene rings is 1. The van der Waals surface area contributed by atoms with Crippen LogP contribution in [0, 0.1) is 5.82 Å². The first-order chi connectivity index (χ1) is 18.6. The summed E-state index contributed by atoms with van der Waals surface area (Å²) in [4.78, 5) is 33.2. The highest BCUT2D eigenvalue weighted by Crippen LogP contribution is 2.32. The maximum absolute atomic E-state index is 15.1. The highest BCUT2D eigenvalue weighted by Gasteiger charge is 2.37. The fourth-order valence-corrected chi connectivity index (χ4v) is 4.41. The minimum Gasteiger partial charge on any atom is -0.486 e. The fraction of sp³-hybridized carbons (Fsp3) is 0.320. The third-order valence-corrected chi connectivity index (χ3v) is 6.29. The average Bonchev–Trinajstić information content (AvgIpc) is 2.89. The normalized spacial score (nSPS) is 13.9. The van der Waals surface area contributed by atoms with E-state index in [0.717, 1.165) is 12.3 Å². The average molecular weight is 545 g/mol. The smallest absolute Gasteiger partial charge is 0.423 e. The first-order valence-electron chi connectivity index (χ1n) is 12.1. The zero-order valence-electron chi connectivity index (χ0n) is 20.6. The van der Waals surface area contributed by atoms with Crippen molar-refractivity contribution in [1.29, 1.82) is 0 Å². The van der Waals surface area contributed by atoms with Crippen LogP contribution >= 0.6 is 0 Å². The molecule has 3 aromatic heterocycles. The van der Waals surface area contributed by atoms with Gasteiger partial charge in [0.25, 0.3) is 11.1 Å². The quantitative estimate of drug-likeness (QED) is 0.300. The van der Waals surface area contributed by atoms with Crippen molar-refractivity contribution in [2.75, 3.05) is 23.8 Å². The molecule has 3 N–H and O–H groups in total. The minimum absolute atomic E-state index is 0.141. The van der Waals surface area contributed by atoms with Gasteiger partial charge in [-0.2, -0.15) is 18.3 Å². The van der Waals surface area contributed by atoms with E-state index in [1.807, 2.05) is 0 Å². The molecule has 0 radical (unpaired) electrons. The van der Waals surface area contributed by atoms with Crippen molar-refractivity contribution in [1.82, 2.24) is 24.7 Å². The van der Waals surface area contributed by atoms with Gasteiger partial charge in [0.2, 0.25) is 0 Å². The summed E-state index contributed by atoms with van der Waals surface area (Å²) in [5, 5.41) is 11.7. The molecule has 10 nitrogen and oxygen atoms in total. The fourth-order valence-electron chi connectivity index (χ4n) is 4.41. The van der Waals surface area contributed by atoms with Gasteiger partial charge in [-0.05, 0) is 43.4 Å². The van der Waals surface area contributed by atoms with Gasteiger partial charge in [0.1, 0.15) is 18.0 Å². The van der Waals surface area contributed by atoms with Gasteiger partial charge in [-0.3, -0.25) is 9.59 Å². The molecule has 0 aliphatic carbocycles. The zero-order chi connectivity index (χ0) is 27.7. The Labute approximate surface area is 218 Å². The molecule has 39 heavy (non-hydrogen) atoms. The van der Waals surface area contributed by atoms with E-state index in [1.54, 1.807) is 24.3 Å². The van der Waals surface area contributed by atoms with Crippen LogP contribution in [0.25, 0.3) is 22.2 Å². The number of hydrogen-bond acceptors (Lipinski definition) is 8. The maximum atomic E-state index is 15.1. The number of aromatic amines is 1. The second-order valence-electron chi connectivity index (χ2n) is 9.09. The minimum atomic E-state index is -4.84. The number of ether oxygens (including phenoxy) is 1. The number of aryl methyl sites for hydroxylation is 1. The lowest BCUT2D eigenvalue weighted by molar-refractivity contribution is -0.138. The second-order valence-corrected chi connectivity index (χ2v) is 9.09. The number of hydrogen-bond donors (Lipinski definition) is 3. The van der Waals surface area contributed by atoms with Crippen LogP contribution in [0.15, 0.2) is 46.4 Å². The Bertz CT molecular complexity index is 1650. The van der Waals surface area contributed by atoms with Crippen LogP contribution in [0.1, 0.15) is 25.3 Å². The van der Waals surface area contributed by atoms with Crippen LogP contribution < -0.4 is 26.5 Å². The van der Waals surface area contributed by atoms with Crippen molar-refractivity contribution >= 4 is 22.3 Å². The summed E-state index contributed by atoms with van der Waals surface area (Å²) in [7, 11) is 0. The van der Waals surface area contributed by atoms with Gasteiger partial charge in [0, 0.05) is 18.8 Å². The standard InChI is InChI=1S/C25H23F4N7O3/c1-13(33-18-11-32-35-23(37)20(18)25(27,28)29)3-2-6-36-7-4-14-9-16(17(26)10-15(14)24(36)38)21-31-12-19-22(34-21)30-5-8-39-19/h4,7,9-13H,2-3,5-6,8H2,1H3,(H,30,31,34)(H2,33,35,37). The number of pyridine rings is 1. The highest BCUT2D eigenvalue weighted by atomic mass is 19.4. The third kappa shape index (κ3) is 5.40. The van der Waals surface area contributed by atoms with E-state index < -0.39 is 40.4 Å². The largest absolute Gasteiger partial charge is 0.486 e. The number of halogens is 4. The molecule has 1 unspecified atom stereocenters. The lowest BCUT2D eigenvalue weighted by atomic mass is 10.1. The molecule has 4 aromatic rings. The van der Waals surface area contributed by atoms with E-state index in [4.69, 9.17) is 4.74 Å². The molecule has 204 valence electrons. The number of nitrogens with one attached hydrogen (secondary N) is 3. The van der Waals surface area contributed by atoms with Crippen molar-refractivity contribution in [3.8, 4) is 17.1 Å². The summed E-state index contributed by atoms with van der Waals surface area (Å²) in [6, 6.07) is 3.89. The molecular weight excluding hydrogens is 522 g/mol. The Morgan fingerprint density at radius 2 is 2.05 bits per heavy atom. The molecule has 1 aliphatic rings. The number of alkyl halides is 3. The van der Waals surface area contributed by atoms with Gasteiger partial charge < -0.3 is 19.9 Å². The molecule has 0 bridgehead atoms. The lowest BCUT2D eigenvalue weighted by Crippen LogP contribution is -2.27. The summed E-state index contributed by atoms with van der Waals surface area (Å²) in [6.45, 7) is 2.96. The molecule has 1 atom stereocenters. The molecule has 5 rings (SSSR count). The van der Waals surface area contributed by atoms with Crippen molar-refractivity contribution in [2.24, 2.45) is 0 Å². The summed E-state index contributed by atoms with van der Waals surface area (Å²) in [5.41, 5.74) is -3.36. The van der Waals surface area contributed by atoms with E-state index in [9.17, 15) is 22.8 Å². The van der Waals surface area contributed by atoms with Gasteiger partial charge in [-0.1, -0.05) is 0 Å². The van der Waals surface area contributed by atoms with Crippen LogP contribution in [0.5, 0.6) is 5.75 Å². The van der Waals surface area contributed by atoms with E-state index in [2.05, 4.69) is 25.7 Å². The lowest BCUT2D eigenvalue weighted by Gasteiger charge is -2.18.